The normalized spacial score (nSPS) is 9.62. The first-order valence-corrected chi connectivity index (χ1v) is 6.52. The predicted octanol–water partition coefficient (Wildman–Crippen LogP) is 2.79. The number of methoxy groups -OCH3 is 1. The van der Waals surface area contributed by atoms with Crippen molar-refractivity contribution in [1.82, 2.24) is 10.3 Å². The number of hydrogen-bond acceptors (Lipinski definition) is 3. The zero-order chi connectivity index (χ0) is 14.4. The first kappa shape index (κ1) is 17.0. The highest BCUT2D eigenvalue weighted by Gasteiger charge is 2.06. The van der Waals surface area contributed by atoms with Gasteiger partial charge in [-0.05, 0) is 37.1 Å². The fraction of sp³-hybridized carbons (Fsp3) is 0.250. The molecule has 112 valence electrons. The van der Waals surface area contributed by atoms with E-state index in [-0.39, 0.29) is 18.3 Å². The molecule has 2 rings (SSSR count). The van der Waals surface area contributed by atoms with Crippen LogP contribution in [0.1, 0.15) is 21.5 Å². The molecular weight excluding hydrogens is 288 g/mol. The molecule has 0 aliphatic heterocycles. The smallest absolute Gasteiger partial charge is 0.252 e. The van der Waals surface area contributed by atoms with Crippen molar-refractivity contribution in [3.63, 3.8) is 0 Å². The number of halogens is 1. The van der Waals surface area contributed by atoms with Crippen LogP contribution in [-0.2, 0) is 6.42 Å². The Labute approximate surface area is 131 Å². The molecule has 0 spiro atoms. The van der Waals surface area contributed by atoms with Crippen LogP contribution < -0.4 is 10.1 Å². The van der Waals surface area contributed by atoms with Crippen LogP contribution in [0.5, 0.6) is 5.75 Å². The zero-order valence-electron chi connectivity index (χ0n) is 12.1. The molecule has 0 saturated heterocycles. The Balaban J connectivity index is 0.00000220. The maximum Gasteiger partial charge on any atom is 0.252 e. The third kappa shape index (κ3) is 4.76. The monoisotopic (exact) mass is 306 g/mol. The lowest BCUT2D eigenvalue weighted by Crippen LogP contribution is -2.25. The van der Waals surface area contributed by atoms with Gasteiger partial charge in [0.1, 0.15) is 5.75 Å². The molecule has 5 heteroatoms. The summed E-state index contributed by atoms with van der Waals surface area (Å²) >= 11 is 0. The minimum absolute atomic E-state index is 0. The second-order valence-corrected chi connectivity index (χ2v) is 4.56. The van der Waals surface area contributed by atoms with Crippen molar-refractivity contribution in [3.8, 4) is 5.75 Å². The van der Waals surface area contributed by atoms with Crippen LogP contribution >= 0.6 is 12.4 Å². The number of amides is 1. The van der Waals surface area contributed by atoms with Crippen molar-refractivity contribution in [2.45, 2.75) is 13.3 Å². The fourth-order valence-corrected chi connectivity index (χ4v) is 2.01. The molecule has 1 aromatic carbocycles. The van der Waals surface area contributed by atoms with E-state index in [1.165, 1.54) is 5.56 Å². The molecule has 0 fully saturated rings. The third-order valence-electron chi connectivity index (χ3n) is 3.04. The van der Waals surface area contributed by atoms with Gasteiger partial charge in [-0.3, -0.25) is 9.78 Å². The number of carbonyl (C=O) groups excluding carboxylic acids is 1. The maximum absolute atomic E-state index is 11.9. The standard InChI is InChI=1S/C16H18N2O2.ClH/c1-12-5-6-15(20-2)13(10-12)7-9-18-16(19)14-4-3-8-17-11-14;/h3-6,8,10-11H,7,9H2,1-2H3,(H,18,19);1H. The number of pyridine rings is 1. The van der Waals surface area contributed by atoms with Gasteiger partial charge in [-0.2, -0.15) is 0 Å². The van der Waals surface area contributed by atoms with Gasteiger partial charge in [-0.15, -0.1) is 12.4 Å². The Kier molecular flexibility index (Phi) is 6.69. The molecule has 0 unspecified atom stereocenters. The van der Waals surface area contributed by atoms with Gasteiger partial charge in [0.25, 0.3) is 5.91 Å². The van der Waals surface area contributed by atoms with Gasteiger partial charge in [0, 0.05) is 18.9 Å². The van der Waals surface area contributed by atoms with Crippen LogP contribution in [0, 0.1) is 6.92 Å². The Bertz CT molecular complexity index is 588. The topological polar surface area (TPSA) is 51.2 Å². The molecule has 0 bridgehead atoms. The van der Waals surface area contributed by atoms with Crippen LogP contribution in [0.3, 0.4) is 0 Å². The van der Waals surface area contributed by atoms with Gasteiger partial charge in [0.15, 0.2) is 0 Å². The second-order valence-electron chi connectivity index (χ2n) is 4.56. The molecule has 0 atom stereocenters. The molecule has 0 aliphatic carbocycles. The number of aryl methyl sites for hydroxylation is 1. The van der Waals surface area contributed by atoms with E-state index in [0.29, 0.717) is 12.1 Å². The minimum atomic E-state index is -0.107. The molecule has 1 amide bonds. The van der Waals surface area contributed by atoms with Gasteiger partial charge >= 0.3 is 0 Å². The zero-order valence-corrected chi connectivity index (χ0v) is 12.9. The third-order valence-corrected chi connectivity index (χ3v) is 3.04. The van der Waals surface area contributed by atoms with E-state index in [1.54, 1.807) is 31.6 Å². The van der Waals surface area contributed by atoms with E-state index in [1.807, 2.05) is 19.1 Å². The SMILES string of the molecule is COc1ccc(C)cc1CCNC(=O)c1cccnc1.Cl. The van der Waals surface area contributed by atoms with Gasteiger partial charge in [-0.1, -0.05) is 17.7 Å². The molecule has 1 N–H and O–H groups in total. The van der Waals surface area contributed by atoms with Gasteiger partial charge in [-0.25, -0.2) is 0 Å². The largest absolute Gasteiger partial charge is 0.496 e. The van der Waals surface area contributed by atoms with E-state index >= 15 is 0 Å². The highest BCUT2D eigenvalue weighted by molar-refractivity contribution is 5.93. The van der Waals surface area contributed by atoms with E-state index in [4.69, 9.17) is 4.74 Å². The lowest BCUT2D eigenvalue weighted by atomic mass is 10.1. The summed E-state index contributed by atoms with van der Waals surface area (Å²) < 4.78 is 5.32. The molecule has 0 aliphatic rings. The van der Waals surface area contributed by atoms with E-state index < -0.39 is 0 Å². The Morgan fingerprint density at radius 1 is 1.33 bits per heavy atom. The first-order valence-electron chi connectivity index (χ1n) is 6.52. The van der Waals surface area contributed by atoms with Crippen molar-refractivity contribution in [1.29, 1.82) is 0 Å². The van der Waals surface area contributed by atoms with Crippen molar-refractivity contribution < 1.29 is 9.53 Å². The highest BCUT2D eigenvalue weighted by Crippen LogP contribution is 2.19. The van der Waals surface area contributed by atoms with E-state index in [9.17, 15) is 4.79 Å². The summed E-state index contributed by atoms with van der Waals surface area (Å²) in [4.78, 5) is 15.8. The van der Waals surface area contributed by atoms with Crippen molar-refractivity contribution in [3.05, 3.63) is 59.4 Å². The van der Waals surface area contributed by atoms with E-state index in [2.05, 4.69) is 16.4 Å². The number of ether oxygens (including phenoxy) is 1. The number of benzene rings is 1. The summed E-state index contributed by atoms with van der Waals surface area (Å²) in [5.41, 5.74) is 2.85. The van der Waals surface area contributed by atoms with Crippen LogP contribution in [0.15, 0.2) is 42.7 Å². The quantitative estimate of drug-likeness (QED) is 0.924. The highest BCUT2D eigenvalue weighted by atomic mass is 35.5. The maximum atomic E-state index is 11.9. The Morgan fingerprint density at radius 3 is 2.81 bits per heavy atom. The van der Waals surface area contributed by atoms with Crippen LogP contribution in [0.4, 0.5) is 0 Å². The molecule has 1 heterocycles. The average molecular weight is 307 g/mol. The molecular formula is C16H19ClN2O2. The molecule has 0 radical (unpaired) electrons. The van der Waals surface area contributed by atoms with Crippen LogP contribution in [-0.4, -0.2) is 24.5 Å². The van der Waals surface area contributed by atoms with E-state index in [0.717, 1.165) is 17.7 Å². The number of rotatable bonds is 5. The molecule has 4 nitrogen and oxygen atoms in total. The molecule has 21 heavy (non-hydrogen) atoms. The second kappa shape index (κ2) is 8.27. The van der Waals surface area contributed by atoms with Gasteiger partial charge in [0.2, 0.25) is 0 Å². The number of aromatic nitrogens is 1. The molecule has 0 saturated carbocycles. The summed E-state index contributed by atoms with van der Waals surface area (Å²) in [6, 6.07) is 9.54. The Morgan fingerprint density at radius 2 is 2.14 bits per heavy atom. The first-order chi connectivity index (χ1) is 9.70. The Hall–Kier alpha value is -2.07. The van der Waals surface area contributed by atoms with Crippen LogP contribution in [0.25, 0.3) is 0 Å². The molecule has 1 aromatic heterocycles. The summed E-state index contributed by atoms with van der Waals surface area (Å²) in [5, 5.41) is 2.88. The number of hydrogen-bond donors (Lipinski definition) is 1. The van der Waals surface area contributed by atoms with Crippen molar-refractivity contribution in [2.75, 3.05) is 13.7 Å². The summed E-state index contributed by atoms with van der Waals surface area (Å²) in [5.74, 6) is 0.746. The number of nitrogens with zero attached hydrogens (tertiary/aromatic N) is 1. The molecule has 2 aromatic rings. The summed E-state index contributed by atoms with van der Waals surface area (Å²) in [7, 11) is 1.66. The number of carbonyl (C=O) groups is 1. The van der Waals surface area contributed by atoms with Gasteiger partial charge in [0.05, 0.1) is 12.7 Å². The van der Waals surface area contributed by atoms with Crippen molar-refractivity contribution >= 4 is 18.3 Å². The summed E-state index contributed by atoms with van der Waals surface area (Å²) in [6.07, 6.45) is 3.94. The summed E-state index contributed by atoms with van der Waals surface area (Å²) in [6.45, 7) is 2.60. The lowest BCUT2D eigenvalue weighted by molar-refractivity contribution is 0.0953. The minimum Gasteiger partial charge on any atom is -0.496 e. The van der Waals surface area contributed by atoms with Crippen molar-refractivity contribution in [2.24, 2.45) is 0 Å². The fourth-order valence-electron chi connectivity index (χ4n) is 2.01. The lowest BCUT2D eigenvalue weighted by Gasteiger charge is -2.10. The average Bonchev–Trinajstić information content (AvgIpc) is 2.48. The number of nitrogens with one attached hydrogen (secondary N) is 1. The predicted molar refractivity (Wildman–Crippen MR) is 85.3 cm³/mol. The van der Waals surface area contributed by atoms with Crippen LogP contribution in [0.2, 0.25) is 0 Å². The van der Waals surface area contributed by atoms with Gasteiger partial charge < -0.3 is 10.1 Å².